The molecule has 2 heterocycles. The van der Waals surface area contributed by atoms with Crippen LogP contribution in [0.3, 0.4) is 0 Å². The van der Waals surface area contributed by atoms with E-state index in [1.54, 1.807) is 12.5 Å². The Hall–Kier alpha value is -1.06. The lowest BCUT2D eigenvalue weighted by molar-refractivity contribution is 0.610. The van der Waals surface area contributed by atoms with Crippen LogP contribution in [0, 0.1) is 0 Å². The summed E-state index contributed by atoms with van der Waals surface area (Å²) in [6.07, 6.45) is 3.38. The average molecular weight is 185 g/mol. The van der Waals surface area contributed by atoms with Crippen LogP contribution in [-0.4, -0.2) is 4.98 Å². The van der Waals surface area contributed by atoms with Crippen LogP contribution >= 0.6 is 12.4 Å². The van der Waals surface area contributed by atoms with Gasteiger partial charge in [-0.05, 0) is 12.1 Å². The Morgan fingerprint density at radius 1 is 1.50 bits per heavy atom. The first kappa shape index (κ1) is 9.03. The standard InChI is InChI=1S/C8H8N2O.ClH/c9-4-6-5-11-7-2-1-3-10-8(6)7;/h1-3,5H,4,9H2;1H. The largest absolute Gasteiger partial charge is 0.462 e. The molecular formula is C8H9ClN2O. The molecule has 0 saturated carbocycles. The zero-order valence-corrected chi connectivity index (χ0v) is 7.17. The van der Waals surface area contributed by atoms with Crippen LogP contribution in [0.2, 0.25) is 0 Å². The molecule has 0 aliphatic rings. The van der Waals surface area contributed by atoms with Gasteiger partial charge in [-0.1, -0.05) is 0 Å². The lowest BCUT2D eigenvalue weighted by atomic mass is 10.3. The monoisotopic (exact) mass is 184 g/mol. The second kappa shape index (κ2) is 3.56. The molecule has 0 aliphatic heterocycles. The molecule has 0 bridgehead atoms. The van der Waals surface area contributed by atoms with Crippen LogP contribution in [0.15, 0.2) is 29.0 Å². The van der Waals surface area contributed by atoms with E-state index in [4.69, 9.17) is 10.2 Å². The highest BCUT2D eigenvalue weighted by molar-refractivity contribution is 5.85. The second-order valence-electron chi connectivity index (χ2n) is 2.32. The van der Waals surface area contributed by atoms with Gasteiger partial charge < -0.3 is 10.2 Å². The van der Waals surface area contributed by atoms with Gasteiger partial charge in [-0.15, -0.1) is 12.4 Å². The Balaban J connectivity index is 0.000000720. The van der Waals surface area contributed by atoms with Gasteiger partial charge >= 0.3 is 0 Å². The Kier molecular flexibility index (Phi) is 2.68. The Labute approximate surface area is 76.0 Å². The van der Waals surface area contributed by atoms with Gasteiger partial charge in [-0.2, -0.15) is 0 Å². The van der Waals surface area contributed by atoms with Crippen LogP contribution in [0.4, 0.5) is 0 Å². The molecule has 64 valence electrons. The van der Waals surface area contributed by atoms with Crippen LogP contribution < -0.4 is 5.73 Å². The van der Waals surface area contributed by atoms with Crippen LogP contribution in [-0.2, 0) is 6.54 Å². The molecule has 4 heteroatoms. The fourth-order valence-electron chi connectivity index (χ4n) is 1.06. The normalized spacial score (nSPS) is 9.75. The summed E-state index contributed by atoms with van der Waals surface area (Å²) in [5.41, 5.74) is 8.09. The van der Waals surface area contributed by atoms with E-state index in [0.29, 0.717) is 6.54 Å². The SMILES string of the molecule is Cl.NCc1coc2cccnc12. The number of fused-ring (bicyclic) bond motifs is 1. The quantitative estimate of drug-likeness (QED) is 0.734. The number of nitrogens with zero attached hydrogens (tertiary/aromatic N) is 1. The summed E-state index contributed by atoms with van der Waals surface area (Å²) in [7, 11) is 0. The molecule has 2 N–H and O–H groups in total. The Bertz CT molecular complexity index is 372. The van der Waals surface area contributed by atoms with Gasteiger partial charge in [0.05, 0.1) is 6.26 Å². The van der Waals surface area contributed by atoms with Crippen molar-refractivity contribution in [2.45, 2.75) is 6.54 Å². The molecule has 0 fully saturated rings. The van der Waals surface area contributed by atoms with E-state index in [2.05, 4.69) is 4.98 Å². The Morgan fingerprint density at radius 2 is 2.33 bits per heavy atom. The maximum Gasteiger partial charge on any atom is 0.152 e. The van der Waals surface area contributed by atoms with Crippen LogP contribution in [0.5, 0.6) is 0 Å². The van der Waals surface area contributed by atoms with Crippen molar-refractivity contribution in [2.75, 3.05) is 0 Å². The van der Waals surface area contributed by atoms with Crippen molar-refractivity contribution in [1.29, 1.82) is 0 Å². The highest BCUT2D eigenvalue weighted by atomic mass is 35.5. The first-order valence-electron chi connectivity index (χ1n) is 3.43. The molecule has 0 unspecified atom stereocenters. The van der Waals surface area contributed by atoms with Crippen molar-refractivity contribution in [3.8, 4) is 0 Å². The molecule has 0 radical (unpaired) electrons. The van der Waals surface area contributed by atoms with Gasteiger partial charge in [-0.25, -0.2) is 0 Å². The molecule has 0 aliphatic carbocycles. The number of aromatic nitrogens is 1. The topological polar surface area (TPSA) is 52.0 Å². The molecule has 2 rings (SSSR count). The molecule has 0 saturated heterocycles. The molecule has 0 amide bonds. The van der Waals surface area contributed by atoms with Crippen molar-refractivity contribution in [2.24, 2.45) is 5.73 Å². The summed E-state index contributed by atoms with van der Waals surface area (Å²) in [6.45, 7) is 0.476. The van der Waals surface area contributed by atoms with Gasteiger partial charge in [0.25, 0.3) is 0 Å². The maximum atomic E-state index is 5.46. The van der Waals surface area contributed by atoms with Gasteiger partial charge in [0, 0.05) is 18.3 Å². The van der Waals surface area contributed by atoms with E-state index in [9.17, 15) is 0 Å². The molecular weight excluding hydrogens is 176 g/mol. The van der Waals surface area contributed by atoms with E-state index in [1.165, 1.54) is 0 Å². The van der Waals surface area contributed by atoms with E-state index >= 15 is 0 Å². The van der Waals surface area contributed by atoms with Crippen molar-refractivity contribution >= 4 is 23.5 Å². The minimum Gasteiger partial charge on any atom is -0.462 e. The van der Waals surface area contributed by atoms with Crippen molar-refractivity contribution in [3.05, 3.63) is 30.2 Å². The minimum atomic E-state index is 0. The lowest BCUT2D eigenvalue weighted by Gasteiger charge is -1.87. The number of hydrogen-bond donors (Lipinski definition) is 1. The number of pyridine rings is 1. The predicted molar refractivity (Wildman–Crippen MR) is 49.1 cm³/mol. The van der Waals surface area contributed by atoms with E-state index in [-0.39, 0.29) is 12.4 Å². The smallest absolute Gasteiger partial charge is 0.152 e. The van der Waals surface area contributed by atoms with Crippen molar-refractivity contribution < 1.29 is 4.42 Å². The number of halogens is 1. The van der Waals surface area contributed by atoms with E-state index in [0.717, 1.165) is 16.7 Å². The molecule has 2 aromatic rings. The van der Waals surface area contributed by atoms with Crippen molar-refractivity contribution in [1.82, 2.24) is 4.98 Å². The molecule has 3 nitrogen and oxygen atoms in total. The number of nitrogens with two attached hydrogens (primary N) is 1. The van der Waals surface area contributed by atoms with Gasteiger partial charge in [-0.3, -0.25) is 4.98 Å². The fraction of sp³-hybridized carbons (Fsp3) is 0.125. The summed E-state index contributed by atoms with van der Waals surface area (Å²) < 4.78 is 5.20. The molecule has 0 atom stereocenters. The summed E-state index contributed by atoms with van der Waals surface area (Å²) in [5.74, 6) is 0. The second-order valence-corrected chi connectivity index (χ2v) is 2.32. The zero-order chi connectivity index (χ0) is 7.68. The average Bonchev–Trinajstić information content (AvgIpc) is 2.47. The third-order valence-corrected chi connectivity index (χ3v) is 1.62. The van der Waals surface area contributed by atoms with E-state index < -0.39 is 0 Å². The first-order valence-corrected chi connectivity index (χ1v) is 3.43. The van der Waals surface area contributed by atoms with E-state index in [1.807, 2.05) is 12.1 Å². The highest BCUT2D eigenvalue weighted by Crippen LogP contribution is 2.16. The van der Waals surface area contributed by atoms with Crippen molar-refractivity contribution in [3.63, 3.8) is 0 Å². The Morgan fingerprint density at radius 3 is 3.08 bits per heavy atom. The fourth-order valence-corrected chi connectivity index (χ4v) is 1.06. The summed E-state index contributed by atoms with van der Waals surface area (Å²) in [4.78, 5) is 4.14. The van der Waals surface area contributed by atoms with Gasteiger partial charge in [0.15, 0.2) is 5.58 Å². The summed E-state index contributed by atoms with van der Waals surface area (Å²) >= 11 is 0. The molecule has 12 heavy (non-hydrogen) atoms. The third kappa shape index (κ3) is 1.29. The predicted octanol–water partition coefficient (Wildman–Crippen LogP) is 1.71. The summed E-state index contributed by atoms with van der Waals surface area (Å²) in [5, 5.41) is 0. The summed E-state index contributed by atoms with van der Waals surface area (Å²) in [6, 6.07) is 3.72. The van der Waals surface area contributed by atoms with Crippen LogP contribution in [0.1, 0.15) is 5.56 Å². The lowest BCUT2D eigenvalue weighted by Crippen LogP contribution is -1.94. The molecule has 0 aromatic carbocycles. The number of hydrogen-bond acceptors (Lipinski definition) is 3. The molecule has 2 aromatic heterocycles. The maximum absolute atomic E-state index is 5.46. The van der Waals surface area contributed by atoms with Crippen LogP contribution in [0.25, 0.3) is 11.1 Å². The molecule has 0 spiro atoms. The van der Waals surface area contributed by atoms with Gasteiger partial charge in [0.2, 0.25) is 0 Å². The highest BCUT2D eigenvalue weighted by Gasteiger charge is 2.02. The minimum absolute atomic E-state index is 0. The first-order chi connectivity index (χ1) is 5.42. The number of furan rings is 1. The number of rotatable bonds is 1. The third-order valence-electron chi connectivity index (χ3n) is 1.62. The van der Waals surface area contributed by atoms with Gasteiger partial charge in [0.1, 0.15) is 5.52 Å². The zero-order valence-electron chi connectivity index (χ0n) is 6.36.